The SMILES string of the molecule is CCNC(=O)NC(C)C1CCCNC1. The lowest BCUT2D eigenvalue weighted by atomic mass is 9.93. The Balaban J connectivity index is 2.25. The van der Waals surface area contributed by atoms with Crippen LogP contribution < -0.4 is 16.0 Å². The van der Waals surface area contributed by atoms with Crippen LogP contribution in [0.4, 0.5) is 4.79 Å². The van der Waals surface area contributed by atoms with Crippen LogP contribution in [0, 0.1) is 5.92 Å². The monoisotopic (exact) mass is 199 g/mol. The second-order valence-electron chi connectivity index (χ2n) is 3.90. The first-order valence-corrected chi connectivity index (χ1v) is 5.49. The Hall–Kier alpha value is -0.770. The fourth-order valence-corrected chi connectivity index (χ4v) is 1.84. The van der Waals surface area contributed by atoms with Crippen molar-refractivity contribution >= 4 is 6.03 Å². The number of carbonyl (C=O) groups is 1. The number of rotatable bonds is 3. The van der Waals surface area contributed by atoms with Gasteiger partial charge in [0, 0.05) is 12.6 Å². The minimum atomic E-state index is -0.0504. The van der Waals surface area contributed by atoms with Gasteiger partial charge < -0.3 is 16.0 Å². The zero-order valence-electron chi connectivity index (χ0n) is 9.10. The van der Waals surface area contributed by atoms with Crippen LogP contribution in [0.15, 0.2) is 0 Å². The Labute approximate surface area is 85.8 Å². The topological polar surface area (TPSA) is 53.2 Å². The van der Waals surface area contributed by atoms with Crippen LogP contribution in [-0.4, -0.2) is 31.7 Å². The number of urea groups is 1. The summed E-state index contributed by atoms with van der Waals surface area (Å²) < 4.78 is 0. The van der Waals surface area contributed by atoms with Crippen LogP contribution in [0.1, 0.15) is 26.7 Å². The lowest BCUT2D eigenvalue weighted by molar-refractivity contribution is 0.228. The molecular formula is C10H21N3O. The number of hydrogen-bond donors (Lipinski definition) is 3. The number of carbonyl (C=O) groups excluding carboxylic acids is 1. The second kappa shape index (κ2) is 5.86. The number of piperidine rings is 1. The standard InChI is InChI=1S/C10H21N3O/c1-3-12-10(14)13-8(2)9-5-4-6-11-7-9/h8-9,11H,3-7H2,1-2H3,(H2,12,13,14). The van der Waals surface area contributed by atoms with E-state index < -0.39 is 0 Å². The van der Waals surface area contributed by atoms with Gasteiger partial charge in [0.25, 0.3) is 0 Å². The van der Waals surface area contributed by atoms with Gasteiger partial charge in [-0.3, -0.25) is 0 Å². The predicted octanol–water partition coefficient (Wildman–Crippen LogP) is 0.694. The molecule has 2 unspecified atom stereocenters. The molecule has 2 amide bonds. The molecule has 1 aliphatic heterocycles. The summed E-state index contributed by atoms with van der Waals surface area (Å²) >= 11 is 0. The summed E-state index contributed by atoms with van der Waals surface area (Å²) in [6.45, 7) is 6.82. The molecule has 0 aliphatic carbocycles. The summed E-state index contributed by atoms with van der Waals surface area (Å²) in [5, 5.41) is 9.05. The Bertz CT molecular complexity index is 178. The summed E-state index contributed by atoms with van der Waals surface area (Å²) in [6.07, 6.45) is 2.42. The van der Waals surface area contributed by atoms with Gasteiger partial charge in [-0.1, -0.05) is 0 Å². The maximum absolute atomic E-state index is 11.3. The maximum Gasteiger partial charge on any atom is 0.314 e. The molecule has 1 heterocycles. The van der Waals surface area contributed by atoms with Gasteiger partial charge in [0.2, 0.25) is 0 Å². The summed E-state index contributed by atoms with van der Waals surface area (Å²) in [5.74, 6) is 0.575. The average Bonchev–Trinajstić information content (AvgIpc) is 2.19. The minimum absolute atomic E-state index is 0.0504. The van der Waals surface area contributed by atoms with Gasteiger partial charge in [0.15, 0.2) is 0 Å². The molecule has 0 aromatic carbocycles. The quantitative estimate of drug-likeness (QED) is 0.626. The largest absolute Gasteiger partial charge is 0.338 e. The number of nitrogens with one attached hydrogen (secondary N) is 3. The summed E-state index contributed by atoms with van der Waals surface area (Å²) in [4.78, 5) is 11.3. The molecule has 4 heteroatoms. The van der Waals surface area contributed by atoms with Gasteiger partial charge in [0.05, 0.1) is 0 Å². The Morgan fingerprint density at radius 3 is 3.00 bits per heavy atom. The molecule has 3 N–H and O–H groups in total. The van der Waals surface area contributed by atoms with E-state index in [-0.39, 0.29) is 12.1 Å². The molecule has 0 bridgehead atoms. The summed E-state index contributed by atoms with van der Waals surface area (Å²) in [5.41, 5.74) is 0. The average molecular weight is 199 g/mol. The lowest BCUT2D eigenvalue weighted by Crippen LogP contribution is -2.47. The van der Waals surface area contributed by atoms with Gasteiger partial charge in [0.1, 0.15) is 0 Å². The van der Waals surface area contributed by atoms with Gasteiger partial charge in [-0.15, -0.1) is 0 Å². The van der Waals surface area contributed by atoms with Crippen molar-refractivity contribution in [2.24, 2.45) is 5.92 Å². The first-order chi connectivity index (χ1) is 6.74. The molecule has 0 aromatic rings. The highest BCUT2D eigenvalue weighted by Crippen LogP contribution is 2.13. The van der Waals surface area contributed by atoms with Crippen LogP contribution in [0.3, 0.4) is 0 Å². The van der Waals surface area contributed by atoms with Crippen molar-refractivity contribution in [3.8, 4) is 0 Å². The normalized spacial score (nSPS) is 24.0. The lowest BCUT2D eigenvalue weighted by Gasteiger charge is -2.28. The smallest absolute Gasteiger partial charge is 0.314 e. The number of hydrogen-bond acceptors (Lipinski definition) is 2. The Morgan fingerprint density at radius 1 is 1.64 bits per heavy atom. The van der Waals surface area contributed by atoms with E-state index >= 15 is 0 Å². The van der Waals surface area contributed by atoms with Gasteiger partial charge >= 0.3 is 6.03 Å². The molecule has 2 atom stereocenters. The van der Waals surface area contributed by atoms with E-state index in [1.807, 2.05) is 6.92 Å². The van der Waals surface area contributed by atoms with Crippen LogP contribution >= 0.6 is 0 Å². The highest BCUT2D eigenvalue weighted by atomic mass is 16.2. The molecule has 4 nitrogen and oxygen atoms in total. The molecule has 1 fully saturated rings. The third kappa shape index (κ3) is 3.54. The summed E-state index contributed by atoms with van der Waals surface area (Å²) in [7, 11) is 0. The fourth-order valence-electron chi connectivity index (χ4n) is 1.84. The van der Waals surface area contributed by atoms with Crippen molar-refractivity contribution in [1.29, 1.82) is 0 Å². The van der Waals surface area contributed by atoms with Crippen molar-refractivity contribution in [3.05, 3.63) is 0 Å². The first kappa shape index (κ1) is 11.3. The maximum atomic E-state index is 11.3. The zero-order chi connectivity index (χ0) is 10.4. The van der Waals surface area contributed by atoms with Crippen LogP contribution in [-0.2, 0) is 0 Å². The van der Waals surface area contributed by atoms with Gasteiger partial charge in [-0.05, 0) is 45.7 Å². The highest BCUT2D eigenvalue weighted by molar-refractivity contribution is 5.74. The third-order valence-electron chi connectivity index (χ3n) is 2.74. The van der Waals surface area contributed by atoms with Crippen LogP contribution in [0.25, 0.3) is 0 Å². The third-order valence-corrected chi connectivity index (χ3v) is 2.74. The van der Waals surface area contributed by atoms with Crippen LogP contribution in [0.5, 0.6) is 0 Å². The van der Waals surface area contributed by atoms with E-state index in [9.17, 15) is 4.79 Å². The summed E-state index contributed by atoms with van der Waals surface area (Å²) in [6, 6.07) is 0.208. The predicted molar refractivity (Wildman–Crippen MR) is 57.3 cm³/mol. The van der Waals surface area contributed by atoms with E-state index in [2.05, 4.69) is 22.9 Å². The van der Waals surface area contributed by atoms with Crippen molar-refractivity contribution < 1.29 is 4.79 Å². The molecule has 0 radical (unpaired) electrons. The molecule has 1 aliphatic rings. The van der Waals surface area contributed by atoms with E-state index in [0.717, 1.165) is 13.1 Å². The second-order valence-corrected chi connectivity index (χ2v) is 3.90. The zero-order valence-corrected chi connectivity index (χ0v) is 9.10. The van der Waals surface area contributed by atoms with Crippen molar-refractivity contribution in [1.82, 2.24) is 16.0 Å². The van der Waals surface area contributed by atoms with Crippen molar-refractivity contribution in [2.75, 3.05) is 19.6 Å². The van der Waals surface area contributed by atoms with E-state index in [0.29, 0.717) is 12.5 Å². The Kier molecular flexibility index (Phi) is 4.73. The molecule has 1 saturated heterocycles. The van der Waals surface area contributed by atoms with E-state index in [1.165, 1.54) is 12.8 Å². The van der Waals surface area contributed by atoms with Crippen molar-refractivity contribution in [3.63, 3.8) is 0 Å². The first-order valence-electron chi connectivity index (χ1n) is 5.49. The van der Waals surface area contributed by atoms with Gasteiger partial charge in [-0.2, -0.15) is 0 Å². The van der Waals surface area contributed by atoms with Gasteiger partial charge in [-0.25, -0.2) is 4.79 Å². The molecular weight excluding hydrogens is 178 g/mol. The van der Waals surface area contributed by atoms with Crippen molar-refractivity contribution in [2.45, 2.75) is 32.7 Å². The molecule has 0 saturated carbocycles. The van der Waals surface area contributed by atoms with Crippen LogP contribution in [0.2, 0.25) is 0 Å². The molecule has 0 aromatic heterocycles. The van der Waals surface area contributed by atoms with E-state index in [1.54, 1.807) is 0 Å². The molecule has 14 heavy (non-hydrogen) atoms. The highest BCUT2D eigenvalue weighted by Gasteiger charge is 2.20. The number of amides is 2. The van der Waals surface area contributed by atoms with E-state index in [4.69, 9.17) is 0 Å². The Morgan fingerprint density at radius 2 is 2.43 bits per heavy atom. The molecule has 1 rings (SSSR count). The minimum Gasteiger partial charge on any atom is -0.338 e. The molecule has 82 valence electrons. The molecule has 0 spiro atoms. The fraction of sp³-hybridized carbons (Fsp3) is 0.900.